The summed E-state index contributed by atoms with van der Waals surface area (Å²) in [6.07, 6.45) is 1.71. The Kier molecular flexibility index (Phi) is 5.33. The summed E-state index contributed by atoms with van der Waals surface area (Å²) in [5.74, 6) is 0.717. The number of nitrogens with zero attached hydrogens (tertiary/aromatic N) is 1. The highest BCUT2D eigenvalue weighted by Crippen LogP contribution is 2.30. The molecule has 1 unspecified atom stereocenters. The van der Waals surface area contributed by atoms with E-state index < -0.39 is 0 Å². The van der Waals surface area contributed by atoms with Gasteiger partial charge in [-0.2, -0.15) is 0 Å². The lowest BCUT2D eigenvalue weighted by molar-refractivity contribution is -0.118. The zero-order valence-electron chi connectivity index (χ0n) is 14.5. The molecule has 1 aromatic heterocycles. The maximum atomic E-state index is 12.2. The fourth-order valence-corrected chi connectivity index (χ4v) is 2.50. The van der Waals surface area contributed by atoms with E-state index in [9.17, 15) is 9.59 Å². The van der Waals surface area contributed by atoms with E-state index in [0.29, 0.717) is 23.0 Å². The Morgan fingerprint density at radius 2 is 2.23 bits per heavy atom. The maximum Gasteiger partial charge on any atom is 0.262 e. The Hall–Kier alpha value is -3.13. The molecule has 0 aliphatic carbocycles. The van der Waals surface area contributed by atoms with Gasteiger partial charge in [-0.25, -0.2) is 4.98 Å². The summed E-state index contributed by atoms with van der Waals surface area (Å²) in [4.78, 5) is 27.7. The number of methoxy groups -OCH3 is 1. The van der Waals surface area contributed by atoms with E-state index in [2.05, 4.69) is 20.9 Å². The lowest BCUT2D eigenvalue weighted by Gasteiger charge is -2.19. The van der Waals surface area contributed by atoms with Crippen molar-refractivity contribution < 1.29 is 19.1 Å². The Bertz CT molecular complexity index is 807. The zero-order valence-corrected chi connectivity index (χ0v) is 14.5. The molecule has 0 radical (unpaired) electrons. The molecule has 8 nitrogen and oxygen atoms in total. The molecule has 2 heterocycles. The minimum absolute atomic E-state index is 0.000726. The summed E-state index contributed by atoms with van der Waals surface area (Å²) in [5.41, 5.74) is 2.08. The molecule has 3 rings (SSSR count). The maximum absolute atomic E-state index is 12.2. The molecular weight excluding hydrogens is 336 g/mol. The number of benzene rings is 1. The number of aromatic nitrogens is 1. The molecule has 0 saturated carbocycles. The van der Waals surface area contributed by atoms with Gasteiger partial charge in [-0.1, -0.05) is 6.07 Å². The van der Waals surface area contributed by atoms with Crippen LogP contribution in [0.1, 0.15) is 18.5 Å². The molecule has 8 heteroatoms. The van der Waals surface area contributed by atoms with E-state index in [0.717, 1.165) is 5.56 Å². The average molecular weight is 356 g/mol. The number of ether oxygens (including phenoxy) is 2. The van der Waals surface area contributed by atoms with Crippen LogP contribution in [-0.4, -0.2) is 37.1 Å². The summed E-state index contributed by atoms with van der Waals surface area (Å²) in [5, 5.41) is 8.63. The van der Waals surface area contributed by atoms with E-state index in [-0.39, 0.29) is 31.0 Å². The molecule has 1 aliphatic heterocycles. The van der Waals surface area contributed by atoms with Crippen LogP contribution in [0.25, 0.3) is 0 Å². The molecule has 0 fully saturated rings. The van der Waals surface area contributed by atoms with Crippen molar-refractivity contribution in [2.45, 2.75) is 13.0 Å². The molecule has 3 N–H and O–H groups in total. The van der Waals surface area contributed by atoms with Crippen molar-refractivity contribution in [3.05, 3.63) is 42.1 Å². The molecule has 1 aromatic carbocycles. The number of pyridine rings is 1. The number of nitrogens with one attached hydrogen (secondary N) is 3. The zero-order chi connectivity index (χ0) is 18.5. The first-order valence-corrected chi connectivity index (χ1v) is 8.15. The number of carbonyl (C=O) groups excluding carboxylic acids is 2. The number of fused-ring (bicyclic) bond motifs is 1. The van der Waals surface area contributed by atoms with Crippen LogP contribution >= 0.6 is 0 Å². The van der Waals surface area contributed by atoms with Crippen LogP contribution in [0.4, 0.5) is 11.4 Å². The molecule has 2 aromatic rings. The van der Waals surface area contributed by atoms with Crippen molar-refractivity contribution in [3.63, 3.8) is 0 Å². The lowest BCUT2D eigenvalue weighted by atomic mass is 10.1. The minimum atomic E-state index is -0.218. The third kappa shape index (κ3) is 4.28. The van der Waals surface area contributed by atoms with Crippen LogP contribution in [0.3, 0.4) is 0 Å². The van der Waals surface area contributed by atoms with E-state index in [1.165, 1.54) is 0 Å². The molecule has 2 amide bonds. The number of hydrogen-bond donors (Lipinski definition) is 3. The smallest absolute Gasteiger partial charge is 0.262 e. The van der Waals surface area contributed by atoms with Gasteiger partial charge < -0.3 is 25.4 Å². The third-order valence-corrected chi connectivity index (χ3v) is 3.93. The van der Waals surface area contributed by atoms with E-state index in [4.69, 9.17) is 9.47 Å². The minimum Gasteiger partial charge on any atom is -0.482 e. The molecule has 136 valence electrons. The predicted octanol–water partition coefficient (Wildman–Crippen LogP) is 1.71. The van der Waals surface area contributed by atoms with Gasteiger partial charge in [0, 0.05) is 24.0 Å². The van der Waals surface area contributed by atoms with Gasteiger partial charge in [0.15, 0.2) is 6.61 Å². The fraction of sp³-hybridized carbons (Fsp3) is 0.278. The molecule has 26 heavy (non-hydrogen) atoms. The highest BCUT2D eigenvalue weighted by molar-refractivity contribution is 5.98. The van der Waals surface area contributed by atoms with Crippen LogP contribution < -0.4 is 25.4 Å². The Morgan fingerprint density at radius 1 is 1.38 bits per heavy atom. The molecular formula is C18H20N4O4. The van der Waals surface area contributed by atoms with Crippen molar-refractivity contribution in [2.75, 3.05) is 30.9 Å². The molecule has 0 bridgehead atoms. The van der Waals surface area contributed by atoms with Crippen molar-refractivity contribution in [1.82, 2.24) is 10.3 Å². The third-order valence-electron chi connectivity index (χ3n) is 3.93. The monoisotopic (exact) mass is 356 g/mol. The number of rotatable bonds is 6. The first-order valence-electron chi connectivity index (χ1n) is 8.15. The number of carbonyl (C=O) groups is 2. The largest absolute Gasteiger partial charge is 0.482 e. The van der Waals surface area contributed by atoms with Gasteiger partial charge in [0.1, 0.15) is 5.75 Å². The standard InChI is InChI=1S/C18H20N4O4/c1-11(12-3-6-18(25-2)20-8-12)19-9-16(23)21-13-4-5-15-14(7-13)22-17(24)10-26-15/h3-8,11,19H,9-10H2,1-2H3,(H,21,23)(H,22,24). The van der Waals surface area contributed by atoms with Crippen molar-refractivity contribution in [2.24, 2.45) is 0 Å². The van der Waals surface area contributed by atoms with Gasteiger partial charge in [-0.3, -0.25) is 9.59 Å². The highest BCUT2D eigenvalue weighted by Gasteiger charge is 2.16. The topological polar surface area (TPSA) is 102 Å². The second-order valence-corrected chi connectivity index (χ2v) is 5.83. The second-order valence-electron chi connectivity index (χ2n) is 5.83. The van der Waals surface area contributed by atoms with Crippen LogP contribution in [0.5, 0.6) is 11.6 Å². The SMILES string of the molecule is COc1ccc(C(C)NCC(=O)Nc2ccc3c(c2)NC(=O)CO3)cn1. The van der Waals surface area contributed by atoms with E-state index in [1.807, 2.05) is 13.0 Å². The molecule has 0 saturated heterocycles. The number of anilines is 2. The predicted molar refractivity (Wildman–Crippen MR) is 96.4 cm³/mol. The molecule has 1 aliphatic rings. The molecule has 0 spiro atoms. The van der Waals surface area contributed by atoms with Gasteiger partial charge in [0.2, 0.25) is 11.8 Å². The number of hydrogen-bond acceptors (Lipinski definition) is 6. The quantitative estimate of drug-likeness (QED) is 0.728. The van der Waals surface area contributed by atoms with Crippen molar-refractivity contribution in [1.29, 1.82) is 0 Å². The molecule has 1 atom stereocenters. The Morgan fingerprint density at radius 3 is 2.96 bits per heavy atom. The van der Waals surface area contributed by atoms with Crippen LogP contribution in [0.15, 0.2) is 36.5 Å². The second kappa shape index (κ2) is 7.83. The first-order chi connectivity index (χ1) is 12.5. The average Bonchev–Trinajstić information content (AvgIpc) is 2.66. The van der Waals surface area contributed by atoms with Gasteiger partial charge in [-0.15, -0.1) is 0 Å². The highest BCUT2D eigenvalue weighted by atomic mass is 16.5. The van der Waals surface area contributed by atoms with Gasteiger partial charge in [-0.05, 0) is 30.7 Å². The van der Waals surface area contributed by atoms with Crippen molar-refractivity contribution >= 4 is 23.2 Å². The van der Waals surface area contributed by atoms with E-state index >= 15 is 0 Å². The lowest BCUT2D eigenvalue weighted by Crippen LogP contribution is -2.30. The van der Waals surface area contributed by atoms with Crippen molar-refractivity contribution in [3.8, 4) is 11.6 Å². The summed E-state index contributed by atoms with van der Waals surface area (Å²) in [6.45, 7) is 2.08. The van der Waals surface area contributed by atoms with Gasteiger partial charge in [0.25, 0.3) is 5.91 Å². The fourth-order valence-electron chi connectivity index (χ4n) is 2.50. The Labute approximate surface area is 150 Å². The Balaban J connectivity index is 1.53. The number of amides is 2. The first kappa shape index (κ1) is 17.7. The normalized spacial score (nSPS) is 13.8. The van der Waals surface area contributed by atoms with Crippen LogP contribution in [0.2, 0.25) is 0 Å². The summed E-state index contributed by atoms with van der Waals surface area (Å²) in [7, 11) is 1.56. The van der Waals surface area contributed by atoms with Crippen LogP contribution in [-0.2, 0) is 9.59 Å². The summed E-state index contributed by atoms with van der Waals surface area (Å²) < 4.78 is 10.3. The summed E-state index contributed by atoms with van der Waals surface area (Å²) >= 11 is 0. The van der Waals surface area contributed by atoms with Crippen LogP contribution in [0, 0.1) is 0 Å². The van der Waals surface area contributed by atoms with Gasteiger partial charge >= 0.3 is 0 Å². The summed E-state index contributed by atoms with van der Waals surface area (Å²) in [6, 6.07) is 8.73. The van der Waals surface area contributed by atoms with E-state index in [1.54, 1.807) is 37.6 Å². The van der Waals surface area contributed by atoms with Gasteiger partial charge in [0.05, 0.1) is 19.3 Å².